The molecule has 0 fully saturated rings. The molecule has 0 aromatic heterocycles. The number of ether oxygens (including phenoxy) is 2. The van der Waals surface area contributed by atoms with Crippen LogP contribution in [-0.2, 0) is 32.7 Å². The number of phosphoric ester groups is 1. The first kappa shape index (κ1) is 51.9. The molecule has 0 heterocycles. The van der Waals surface area contributed by atoms with Crippen LogP contribution in [0.4, 0.5) is 0 Å². The summed E-state index contributed by atoms with van der Waals surface area (Å²) in [5, 5.41) is 9.72. The maximum atomic E-state index is 12.6. The van der Waals surface area contributed by atoms with Crippen LogP contribution in [0.3, 0.4) is 0 Å². The molecule has 0 saturated heterocycles. The van der Waals surface area contributed by atoms with E-state index in [0.717, 1.165) is 57.8 Å². The van der Waals surface area contributed by atoms with Crippen molar-refractivity contribution >= 4 is 19.8 Å². The average molecular weight is 785 g/mol. The van der Waals surface area contributed by atoms with Gasteiger partial charge in [-0.15, -0.1) is 0 Å². The van der Waals surface area contributed by atoms with Crippen molar-refractivity contribution in [2.75, 3.05) is 47.5 Å². The highest BCUT2D eigenvalue weighted by atomic mass is 31.2. The summed E-state index contributed by atoms with van der Waals surface area (Å²) in [6.45, 7) is 4.13. The number of hydrogen-bond donors (Lipinski definition) is 2. The second-order valence-electron chi connectivity index (χ2n) is 15.2. The number of carbonyl (C=O) groups is 2. The van der Waals surface area contributed by atoms with Gasteiger partial charge in [-0.05, 0) is 51.4 Å². The first-order valence-electron chi connectivity index (χ1n) is 20.9. The normalized spacial score (nSPS) is 14.7. The fourth-order valence-corrected chi connectivity index (χ4v) is 6.12. The summed E-state index contributed by atoms with van der Waals surface area (Å²) in [6, 6.07) is 0. The molecule has 0 amide bonds. The van der Waals surface area contributed by atoms with Crippen molar-refractivity contribution < 1.29 is 47.2 Å². The number of aliphatic hydroxyl groups is 1. The topological polar surface area (TPSA) is 129 Å². The summed E-state index contributed by atoms with van der Waals surface area (Å²) >= 11 is 0. The van der Waals surface area contributed by atoms with Crippen molar-refractivity contribution in [1.29, 1.82) is 0 Å². The van der Waals surface area contributed by atoms with E-state index in [1.807, 2.05) is 33.3 Å². The Morgan fingerprint density at radius 1 is 0.648 bits per heavy atom. The molecule has 314 valence electrons. The maximum Gasteiger partial charge on any atom is 0.472 e. The number of likely N-dealkylation sites (N-methyl/N-ethyl adjacent to an activating group) is 1. The number of esters is 2. The van der Waals surface area contributed by atoms with Gasteiger partial charge < -0.3 is 24.0 Å². The van der Waals surface area contributed by atoms with Gasteiger partial charge in [0, 0.05) is 12.8 Å². The van der Waals surface area contributed by atoms with Crippen molar-refractivity contribution in [2.45, 2.75) is 167 Å². The van der Waals surface area contributed by atoms with Gasteiger partial charge in [-0.3, -0.25) is 18.6 Å². The fourth-order valence-electron chi connectivity index (χ4n) is 5.37. The molecule has 0 aromatic carbocycles. The van der Waals surface area contributed by atoms with Gasteiger partial charge >= 0.3 is 19.8 Å². The van der Waals surface area contributed by atoms with Crippen LogP contribution in [-0.4, -0.2) is 86.1 Å². The molecule has 11 heteroatoms. The maximum absolute atomic E-state index is 12.6. The van der Waals surface area contributed by atoms with E-state index in [0.29, 0.717) is 30.3 Å². The largest absolute Gasteiger partial charge is 0.472 e. The summed E-state index contributed by atoms with van der Waals surface area (Å²) in [6.07, 6.45) is 36.5. The number of rotatable bonds is 37. The summed E-state index contributed by atoms with van der Waals surface area (Å²) < 4.78 is 34.1. The van der Waals surface area contributed by atoms with Crippen LogP contribution < -0.4 is 0 Å². The lowest BCUT2D eigenvalue weighted by Gasteiger charge is -2.24. The highest BCUT2D eigenvalue weighted by Gasteiger charge is 2.27. The molecule has 0 aliphatic heterocycles. The van der Waals surface area contributed by atoms with Crippen LogP contribution in [0.25, 0.3) is 0 Å². The van der Waals surface area contributed by atoms with Gasteiger partial charge in [0.05, 0.1) is 33.9 Å². The molecule has 0 aromatic rings. The molecule has 0 aliphatic carbocycles. The van der Waals surface area contributed by atoms with E-state index in [9.17, 15) is 24.2 Å². The molecule has 0 saturated carbocycles. The van der Waals surface area contributed by atoms with E-state index in [1.54, 1.807) is 0 Å². The Morgan fingerprint density at radius 2 is 1.17 bits per heavy atom. The molecule has 2 unspecified atom stereocenters. The smallest absolute Gasteiger partial charge is 0.462 e. The number of phosphoric acid groups is 1. The molecule has 0 radical (unpaired) electrons. The zero-order valence-electron chi connectivity index (χ0n) is 34.8. The third kappa shape index (κ3) is 38.2. The van der Waals surface area contributed by atoms with Crippen molar-refractivity contribution in [3.05, 3.63) is 48.6 Å². The lowest BCUT2D eigenvalue weighted by molar-refractivity contribution is -0.870. The highest BCUT2D eigenvalue weighted by Crippen LogP contribution is 2.43. The van der Waals surface area contributed by atoms with Gasteiger partial charge in [0.1, 0.15) is 19.8 Å². The number of nitrogens with zero attached hydrogens (tertiary/aromatic N) is 1. The Kier molecular flexibility index (Phi) is 34.0. The Labute approximate surface area is 329 Å². The molecular formula is C43H79NO9P+. The van der Waals surface area contributed by atoms with Gasteiger partial charge in [0.2, 0.25) is 0 Å². The third-order valence-electron chi connectivity index (χ3n) is 8.67. The van der Waals surface area contributed by atoms with Gasteiger partial charge in [-0.25, -0.2) is 4.57 Å². The van der Waals surface area contributed by atoms with E-state index in [2.05, 4.69) is 50.3 Å². The summed E-state index contributed by atoms with van der Waals surface area (Å²) in [4.78, 5) is 35.2. The second-order valence-corrected chi connectivity index (χ2v) is 16.7. The number of quaternary nitrogens is 1. The van der Waals surface area contributed by atoms with Crippen molar-refractivity contribution in [1.82, 2.24) is 0 Å². The minimum absolute atomic E-state index is 0.0165. The number of aliphatic hydroxyl groups excluding tert-OH is 1. The summed E-state index contributed by atoms with van der Waals surface area (Å²) in [5.41, 5.74) is 0. The number of hydrogen-bond acceptors (Lipinski definition) is 8. The van der Waals surface area contributed by atoms with Crippen LogP contribution in [0.2, 0.25) is 0 Å². The molecule has 2 N–H and O–H groups in total. The van der Waals surface area contributed by atoms with Crippen molar-refractivity contribution in [3.63, 3.8) is 0 Å². The van der Waals surface area contributed by atoms with Gasteiger partial charge in [0.15, 0.2) is 6.10 Å². The van der Waals surface area contributed by atoms with Crippen LogP contribution >= 0.6 is 7.82 Å². The van der Waals surface area contributed by atoms with Crippen molar-refractivity contribution in [3.8, 4) is 0 Å². The summed E-state index contributed by atoms with van der Waals surface area (Å²) in [5.74, 6) is -0.886. The third-order valence-corrected chi connectivity index (χ3v) is 9.65. The standard InChI is InChI=1S/C43H78NO9P/c1-6-8-9-10-11-12-13-18-22-25-28-31-35-43(47)53-41(39-52-54(48,49)51-37-36-44(3,4)5)38-50-42(46)34-30-27-24-21-19-16-14-15-17-20-23-26-29-33-40(45)32-7-2/h14,16-17,20-21,24,26,29,40-41,45H,6-13,15,18-19,22-23,25,27-28,30-39H2,1-5H3/p+1/b16-14-,20-17-,24-21-,29-26-/t40?,41-/m1/s1. The molecular weight excluding hydrogens is 705 g/mol. The Balaban J connectivity index is 4.49. The monoisotopic (exact) mass is 785 g/mol. The van der Waals surface area contributed by atoms with Gasteiger partial charge in [0.25, 0.3) is 0 Å². The van der Waals surface area contributed by atoms with E-state index in [-0.39, 0.29) is 32.2 Å². The average Bonchev–Trinajstić information content (AvgIpc) is 3.11. The Hall–Kier alpha value is -2.07. The Bertz CT molecular complexity index is 1080. The number of carbonyl (C=O) groups excluding carboxylic acids is 2. The molecule has 0 aliphatic rings. The van der Waals surface area contributed by atoms with Crippen LogP contribution in [0.15, 0.2) is 48.6 Å². The first-order valence-corrected chi connectivity index (χ1v) is 22.4. The minimum Gasteiger partial charge on any atom is -0.462 e. The SMILES string of the molecule is CCCCCCCCCCCCCCC(=O)O[C@H](COC(=O)CCC/C=C\C/C=C\C/C=C\C/C=C\CC(O)CCC)COP(=O)(O)OCC[N+](C)(C)C. The molecule has 0 rings (SSSR count). The fraction of sp³-hybridized carbons (Fsp3) is 0.767. The molecule has 0 bridgehead atoms. The lowest BCUT2D eigenvalue weighted by atomic mass is 10.0. The van der Waals surface area contributed by atoms with Gasteiger partial charge in [-0.2, -0.15) is 0 Å². The minimum atomic E-state index is -4.39. The van der Waals surface area contributed by atoms with Crippen LogP contribution in [0.1, 0.15) is 155 Å². The Morgan fingerprint density at radius 3 is 1.72 bits per heavy atom. The van der Waals surface area contributed by atoms with Gasteiger partial charge in [-0.1, -0.05) is 140 Å². The van der Waals surface area contributed by atoms with E-state index < -0.39 is 32.5 Å². The van der Waals surface area contributed by atoms with Crippen LogP contribution in [0.5, 0.6) is 0 Å². The van der Waals surface area contributed by atoms with E-state index >= 15 is 0 Å². The van der Waals surface area contributed by atoms with Crippen LogP contribution in [0, 0.1) is 0 Å². The second kappa shape index (κ2) is 35.4. The predicted molar refractivity (Wildman–Crippen MR) is 221 cm³/mol. The van der Waals surface area contributed by atoms with E-state index in [1.165, 1.54) is 51.4 Å². The van der Waals surface area contributed by atoms with E-state index in [4.69, 9.17) is 18.5 Å². The quantitative estimate of drug-likeness (QED) is 0.0208. The van der Waals surface area contributed by atoms with Crippen molar-refractivity contribution in [2.24, 2.45) is 0 Å². The first-order chi connectivity index (χ1) is 25.9. The number of unbranched alkanes of at least 4 members (excludes halogenated alkanes) is 12. The zero-order chi connectivity index (χ0) is 40.2. The zero-order valence-corrected chi connectivity index (χ0v) is 35.7. The summed E-state index contributed by atoms with van der Waals surface area (Å²) in [7, 11) is 1.42. The highest BCUT2D eigenvalue weighted by molar-refractivity contribution is 7.47. The predicted octanol–water partition coefficient (Wildman–Crippen LogP) is 10.5. The number of allylic oxidation sites excluding steroid dienone is 7. The lowest BCUT2D eigenvalue weighted by Crippen LogP contribution is -2.37. The molecule has 54 heavy (non-hydrogen) atoms. The molecule has 3 atom stereocenters. The molecule has 0 spiro atoms. The molecule has 10 nitrogen and oxygen atoms in total.